The van der Waals surface area contributed by atoms with Gasteiger partial charge in [-0.3, -0.25) is 4.79 Å². The molecule has 1 fully saturated rings. The van der Waals surface area contributed by atoms with E-state index in [1.54, 1.807) is 14.2 Å². The second-order valence-corrected chi connectivity index (χ2v) is 9.50. The van der Waals surface area contributed by atoms with Crippen LogP contribution in [0.2, 0.25) is 0 Å². The molecule has 1 amide bonds. The molecule has 4 rings (SSSR count). The third-order valence-electron chi connectivity index (χ3n) is 7.00. The molecule has 0 bridgehead atoms. The Bertz CT molecular complexity index is 1160. The summed E-state index contributed by atoms with van der Waals surface area (Å²) in [7, 11) is 3.31. The van der Waals surface area contributed by atoms with Crippen LogP contribution in [0.25, 0.3) is 22.2 Å². The van der Waals surface area contributed by atoms with Crippen molar-refractivity contribution in [1.29, 1.82) is 0 Å². The molecule has 0 radical (unpaired) electrons. The molecule has 3 aromatic rings. The fourth-order valence-corrected chi connectivity index (χ4v) is 5.15. The van der Waals surface area contributed by atoms with Crippen molar-refractivity contribution in [2.24, 2.45) is 0 Å². The summed E-state index contributed by atoms with van der Waals surface area (Å²) in [5.74, 6) is 2.32. The number of fused-ring (bicyclic) bond motifs is 1. The first-order valence-electron chi connectivity index (χ1n) is 12.4. The monoisotopic (exact) mass is 479 g/mol. The lowest BCUT2D eigenvalue weighted by molar-refractivity contribution is -0.131. The van der Waals surface area contributed by atoms with Gasteiger partial charge in [-0.2, -0.15) is 0 Å². The van der Waals surface area contributed by atoms with Crippen LogP contribution in [0.3, 0.4) is 0 Å². The fraction of sp³-hybridized carbons (Fsp3) is 0.464. The highest BCUT2D eigenvalue weighted by Gasteiger charge is 2.25. The fourth-order valence-electron chi connectivity index (χ4n) is 5.15. The van der Waals surface area contributed by atoms with Gasteiger partial charge in [-0.1, -0.05) is 19.9 Å². The molecule has 1 aromatic heterocycles. The van der Waals surface area contributed by atoms with Crippen molar-refractivity contribution in [2.75, 3.05) is 47.0 Å². The number of likely N-dealkylation sites (tertiary alicyclic amines) is 1. The second kappa shape index (κ2) is 11.1. The zero-order valence-corrected chi connectivity index (χ0v) is 21.2. The molecule has 2 heterocycles. The second-order valence-electron chi connectivity index (χ2n) is 9.50. The largest absolute Gasteiger partial charge is 0.493 e. The average Bonchev–Trinajstić information content (AvgIpc) is 3.27. The number of hydrogen-bond acceptors (Lipinski definition) is 5. The molecule has 0 spiro atoms. The number of aliphatic hydroxyl groups is 1. The van der Waals surface area contributed by atoms with Gasteiger partial charge in [0.1, 0.15) is 0 Å². The van der Waals surface area contributed by atoms with E-state index in [2.05, 4.69) is 48.4 Å². The summed E-state index contributed by atoms with van der Waals surface area (Å²) in [6, 6.07) is 12.8. The number of aromatic amines is 1. The van der Waals surface area contributed by atoms with Crippen molar-refractivity contribution in [3.05, 3.63) is 47.5 Å². The minimum absolute atomic E-state index is 0.0447. The molecule has 0 aliphatic carbocycles. The topological polar surface area (TPSA) is 86.8 Å². The lowest BCUT2D eigenvalue weighted by atomic mass is 9.87. The summed E-state index contributed by atoms with van der Waals surface area (Å²) in [5, 5.41) is 13.1. The summed E-state index contributed by atoms with van der Waals surface area (Å²) in [6.45, 7) is 6.78. The number of methoxy groups -OCH3 is 2. The Kier molecular flexibility index (Phi) is 7.98. The summed E-state index contributed by atoms with van der Waals surface area (Å²) < 4.78 is 11.0. The predicted octanol–water partition coefficient (Wildman–Crippen LogP) is 4.26. The molecule has 0 unspecified atom stereocenters. The number of ether oxygens (including phenoxy) is 2. The third-order valence-corrected chi connectivity index (χ3v) is 7.00. The number of hydrogen-bond donors (Lipinski definition) is 3. The van der Waals surface area contributed by atoms with Crippen molar-refractivity contribution in [1.82, 2.24) is 15.2 Å². The Morgan fingerprint density at radius 3 is 2.51 bits per heavy atom. The van der Waals surface area contributed by atoms with E-state index in [1.807, 2.05) is 17.0 Å². The molecule has 35 heavy (non-hydrogen) atoms. The summed E-state index contributed by atoms with van der Waals surface area (Å²) >= 11 is 0. The molecule has 1 saturated heterocycles. The highest BCUT2D eigenvalue weighted by Crippen LogP contribution is 2.40. The SMILES string of the molecule is COc1ccc(-c2[nH]c3ccc(C4CCN(C(=O)CNCCO)CC4)cc3c2C(C)C)cc1OC. The Morgan fingerprint density at radius 1 is 1.11 bits per heavy atom. The molecule has 1 aliphatic heterocycles. The van der Waals surface area contributed by atoms with Gasteiger partial charge in [0.05, 0.1) is 33.1 Å². The number of carbonyl (C=O) groups is 1. The zero-order valence-electron chi connectivity index (χ0n) is 21.2. The molecule has 0 atom stereocenters. The lowest BCUT2D eigenvalue weighted by Crippen LogP contribution is -2.43. The Hall–Kier alpha value is -3.03. The van der Waals surface area contributed by atoms with E-state index >= 15 is 0 Å². The van der Waals surface area contributed by atoms with Crippen molar-refractivity contribution >= 4 is 16.8 Å². The van der Waals surface area contributed by atoms with Gasteiger partial charge in [0.25, 0.3) is 0 Å². The van der Waals surface area contributed by atoms with Gasteiger partial charge >= 0.3 is 0 Å². The van der Waals surface area contributed by atoms with E-state index in [1.165, 1.54) is 16.5 Å². The van der Waals surface area contributed by atoms with Crippen LogP contribution >= 0.6 is 0 Å². The van der Waals surface area contributed by atoms with Gasteiger partial charge in [0.15, 0.2) is 11.5 Å². The number of nitrogens with one attached hydrogen (secondary N) is 2. The number of amides is 1. The van der Waals surface area contributed by atoms with Gasteiger partial charge in [-0.05, 0) is 66.1 Å². The first kappa shape index (κ1) is 25.1. The van der Waals surface area contributed by atoms with Crippen LogP contribution in [-0.2, 0) is 4.79 Å². The average molecular weight is 480 g/mol. The highest BCUT2D eigenvalue weighted by atomic mass is 16.5. The summed E-state index contributed by atoms with van der Waals surface area (Å²) in [4.78, 5) is 18.0. The minimum atomic E-state index is 0.0447. The maximum atomic E-state index is 12.4. The van der Waals surface area contributed by atoms with Crippen LogP contribution in [0.4, 0.5) is 0 Å². The van der Waals surface area contributed by atoms with Crippen LogP contribution < -0.4 is 14.8 Å². The number of piperidine rings is 1. The van der Waals surface area contributed by atoms with E-state index in [0.29, 0.717) is 24.1 Å². The molecule has 3 N–H and O–H groups in total. The maximum Gasteiger partial charge on any atom is 0.236 e. The van der Waals surface area contributed by atoms with Gasteiger partial charge in [0.2, 0.25) is 5.91 Å². The molecule has 7 nitrogen and oxygen atoms in total. The van der Waals surface area contributed by atoms with E-state index in [4.69, 9.17) is 14.6 Å². The van der Waals surface area contributed by atoms with Crippen molar-refractivity contribution < 1.29 is 19.4 Å². The van der Waals surface area contributed by atoms with Gasteiger partial charge in [0, 0.05) is 36.1 Å². The number of carbonyl (C=O) groups excluding carboxylic acids is 1. The lowest BCUT2D eigenvalue weighted by Gasteiger charge is -2.32. The number of benzene rings is 2. The zero-order chi connectivity index (χ0) is 24.9. The summed E-state index contributed by atoms with van der Waals surface area (Å²) in [5.41, 5.74) is 5.96. The molecule has 2 aromatic carbocycles. The standard InChI is InChI=1S/C28H37N3O4/c1-18(2)27-22-15-20(19-9-12-31(13-10-19)26(33)17-29-11-14-32)5-7-23(22)30-28(27)21-6-8-24(34-3)25(16-21)35-4/h5-8,15-16,18-19,29-30,32H,9-14,17H2,1-4H3. The number of aromatic nitrogens is 1. The molecular formula is C28H37N3O4. The minimum Gasteiger partial charge on any atom is -0.493 e. The van der Waals surface area contributed by atoms with Crippen LogP contribution in [0.15, 0.2) is 36.4 Å². The number of aliphatic hydroxyl groups excluding tert-OH is 1. The van der Waals surface area contributed by atoms with E-state index in [9.17, 15) is 4.79 Å². The third kappa shape index (κ3) is 5.31. The van der Waals surface area contributed by atoms with Crippen molar-refractivity contribution in [3.63, 3.8) is 0 Å². The predicted molar refractivity (Wildman–Crippen MR) is 139 cm³/mol. The molecule has 1 aliphatic rings. The van der Waals surface area contributed by atoms with Gasteiger partial charge in [-0.15, -0.1) is 0 Å². The Labute approximate surface area is 207 Å². The molecule has 188 valence electrons. The van der Waals surface area contributed by atoms with Crippen molar-refractivity contribution in [2.45, 2.75) is 38.5 Å². The number of rotatable bonds is 9. The quantitative estimate of drug-likeness (QED) is 0.399. The summed E-state index contributed by atoms with van der Waals surface area (Å²) in [6.07, 6.45) is 1.92. The van der Waals surface area contributed by atoms with E-state index in [0.717, 1.165) is 48.5 Å². The Morgan fingerprint density at radius 2 is 1.86 bits per heavy atom. The maximum absolute atomic E-state index is 12.4. The first-order valence-corrected chi connectivity index (χ1v) is 12.4. The normalized spacial score (nSPS) is 14.6. The van der Waals surface area contributed by atoms with E-state index in [-0.39, 0.29) is 19.1 Å². The van der Waals surface area contributed by atoms with Crippen LogP contribution in [0.5, 0.6) is 11.5 Å². The first-order chi connectivity index (χ1) is 17.0. The van der Waals surface area contributed by atoms with Gasteiger partial charge < -0.3 is 29.8 Å². The Balaban J connectivity index is 1.58. The van der Waals surface area contributed by atoms with E-state index < -0.39 is 0 Å². The highest BCUT2D eigenvalue weighted by molar-refractivity contribution is 5.92. The van der Waals surface area contributed by atoms with Crippen molar-refractivity contribution in [3.8, 4) is 22.8 Å². The van der Waals surface area contributed by atoms with Gasteiger partial charge in [-0.25, -0.2) is 0 Å². The van der Waals surface area contributed by atoms with Crippen LogP contribution in [0, 0.1) is 0 Å². The number of H-pyrrole nitrogens is 1. The number of nitrogens with zero attached hydrogens (tertiary/aromatic N) is 1. The molecule has 7 heteroatoms. The van der Waals surface area contributed by atoms with Crippen LogP contribution in [0.1, 0.15) is 49.7 Å². The molecule has 0 saturated carbocycles. The molecular weight excluding hydrogens is 442 g/mol. The smallest absolute Gasteiger partial charge is 0.236 e. The van der Waals surface area contributed by atoms with Crippen LogP contribution in [-0.4, -0.2) is 67.9 Å².